The first kappa shape index (κ1) is 9.68. The molecular formula is C10H11BrN2O. The normalized spacial score (nSPS) is 24.8. The molecule has 0 aromatic carbocycles. The number of hydrogen-bond acceptors (Lipinski definition) is 3. The van der Waals surface area contributed by atoms with Crippen LogP contribution in [-0.2, 0) is 4.74 Å². The van der Waals surface area contributed by atoms with Crippen LogP contribution in [0.3, 0.4) is 0 Å². The van der Waals surface area contributed by atoms with Crippen LogP contribution in [0.25, 0.3) is 0 Å². The Morgan fingerprint density at radius 1 is 1.50 bits per heavy atom. The zero-order valence-corrected chi connectivity index (χ0v) is 9.17. The highest BCUT2D eigenvalue weighted by atomic mass is 79.9. The Hall–Kier alpha value is -0.870. The molecule has 0 bridgehead atoms. The van der Waals surface area contributed by atoms with Crippen LogP contribution in [0.5, 0.6) is 0 Å². The Morgan fingerprint density at radius 3 is 2.86 bits per heavy atom. The summed E-state index contributed by atoms with van der Waals surface area (Å²) in [5.74, 6) is 0. The maximum absolute atomic E-state index is 7.70. The molecule has 0 radical (unpaired) electrons. The van der Waals surface area contributed by atoms with Gasteiger partial charge < -0.3 is 15.5 Å². The number of halogens is 1. The van der Waals surface area contributed by atoms with Gasteiger partial charge in [-0.3, -0.25) is 0 Å². The summed E-state index contributed by atoms with van der Waals surface area (Å²) in [5.41, 5.74) is 1.42. The van der Waals surface area contributed by atoms with Crippen LogP contribution in [-0.4, -0.2) is 25.0 Å². The summed E-state index contributed by atoms with van der Waals surface area (Å²) in [7, 11) is 0. The second-order valence-corrected chi connectivity index (χ2v) is 4.19. The van der Waals surface area contributed by atoms with Crippen molar-refractivity contribution in [2.24, 2.45) is 0 Å². The van der Waals surface area contributed by atoms with Gasteiger partial charge in [0.15, 0.2) is 0 Å². The molecule has 0 saturated carbocycles. The molecule has 74 valence electrons. The summed E-state index contributed by atoms with van der Waals surface area (Å²) in [6.07, 6.45) is 7.51. The van der Waals surface area contributed by atoms with Crippen molar-refractivity contribution in [3.63, 3.8) is 0 Å². The predicted molar refractivity (Wildman–Crippen MR) is 59.7 cm³/mol. The Kier molecular flexibility index (Phi) is 2.84. The largest absolute Gasteiger partial charge is 0.383 e. The first-order valence-electron chi connectivity index (χ1n) is 4.44. The minimum Gasteiger partial charge on any atom is -0.383 e. The Labute approximate surface area is 91.2 Å². The van der Waals surface area contributed by atoms with Crippen LogP contribution in [0.15, 0.2) is 34.5 Å². The summed E-state index contributed by atoms with van der Waals surface area (Å²) in [6, 6.07) is 0.415. The van der Waals surface area contributed by atoms with Crippen LogP contribution in [0.1, 0.15) is 0 Å². The van der Waals surface area contributed by atoms with Gasteiger partial charge in [-0.1, -0.05) is 22.0 Å². The van der Waals surface area contributed by atoms with Crippen LogP contribution in [0, 0.1) is 5.41 Å². The van der Waals surface area contributed by atoms with Crippen molar-refractivity contribution in [3.05, 3.63) is 34.5 Å². The maximum Gasteiger partial charge on any atom is 0.0723 e. The summed E-state index contributed by atoms with van der Waals surface area (Å²) in [5, 5.41) is 10.9. The van der Waals surface area contributed by atoms with Gasteiger partial charge in [0.2, 0.25) is 0 Å². The molecule has 1 aliphatic heterocycles. The molecule has 1 aliphatic carbocycles. The van der Waals surface area contributed by atoms with Gasteiger partial charge in [0, 0.05) is 16.3 Å². The second-order valence-electron chi connectivity index (χ2n) is 3.28. The van der Waals surface area contributed by atoms with Crippen molar-refractivity contribution in [2.45, 2.75) is 6.04 Å². The first-order valence-corrected chi connectivity index (χ1v) is 5.23. The molecular weight excluding hydrogens is 244 g/mol. The lowest BCUT2D eigenvalue weighted by Gasteiger charge is -2.26. The molecule has 2 N–H and O–H groups in total. The molecule has 0 aromatic heterocycles. The summed E-state index contributed by atoms with van der Waals surface area (Å²) < 4.78 is 5.97. The highest BCUT2D eigenvalue weighted by Crippen LogP contribution is 2.16. The van der Waals surface area contributed by atoms with E-state index in [4.69, 9.17) is 10.1 Å². The molecule has 4 heteroatoms. The van der Waals surface area contributed by atoms with Gasteiger partial charge in [0.1, 0.15) is 0 Å². The van der Waals surface area contributed by atoms with E-state index in [1.165, 1.54) is 0 Å². The van der Waals surface area contributed by atoms with E-state index in [1.807, 2.05) is 18.4 Å². The third-order valence-corrected chi connectivity index (χ3v) is 2.62. The maximum atomic E-state index is 7.70. The van der Waals surface area contributed by atoms with E-state index >= 15 is 0 Å². The fraction of sp³-hybridized carbons (Fsp3) is 0.300. The average molecular weight is 255 g/mol. The van der Waals surface area contributed by atoms with Crippen LogP contribution in [0.2, 0.25) is 0 Å². The van der Waals surface area contributed by atoms with E-state index in [2.05, 4.69) is 21.2 Å². The van der Waals surface area contributed by atoms with Gasteiger partial charge in [-0.15, -0.1) is 0 Å². The standard InChI is InChI=1S/C10H11BrN2O/c11-8-2-1-7(10(12)3-8)4-13-9-5-14-6-9/h1-4,9,12-13H,5-6H2/b7-4-,12-10?. The predicted octanol–water partition coefficient (Wildman–Crippen LogP) is 1.73. The summed E-state index contributed by atoms with van der Waals surface area (Å²) >= 11 is 3.33. The van der Waals surface area contributed by atoms with Gasteiger partial charge in [-0.05, 0) is 12.2 Å². The zero-order chi connectivity index (χ0) is 9.97. The molecule has 14 heavy (non-hydrogen) atoms. The quantitative estimate of drug-likeness (QED) is 0.789. The average Bonchev–Trinajstić information content (AvgIpc) is 2.05. The third kappa shape index (κ3) is 2.13. The van der Waals surface area contributed by atoms with Crippen LogP contribution >= 0.6 is 15.9 Å². The highest BCUT2D eigenvalue weighted by Gasteiger charge is 2.16. The van der Waals surface area contributed by atoms with E-state index in [-0.39, 0.29) is 0 Å². The molecule has 0 atom stereocenters. The molecule has 0 amide bonds. The van der Waals surface area contributed by atoms with Crippen molar-refractivity contribution >= 4 is 21.6 Å². The number of hydrogen-bond donors (Lipinski definition) is 2. The molecule has 2 rings (SSSR count). The van der Waals surface area contributed by atoms with E-state index in [1.54, 1.807) is 6.08 Å². The van der Waals surface area contributed by atoms with Crippen molar-refractivity contribution in [2.75, 3.05) is 13.2 Å². The highest BCUT2D eigenvalue weighted by molar-refractivity contribution is 9.11. The first-order chi connectivity index (χ1) is 6.75. The number of ether oxygens (including phenoxy) is 1. The molecule has 1 fully saturated rings. The Bertz CT molecular complexity index is 340. The third-order valence-electron chi connectivity index (χ3n) is 2.13. The van der Waals surface area contributed by atoms with Gasteiger partial charge in [-0.25, -0.2) is 0 Å². The SMILES string of the molecule is N=C1C=C(Br)C=C/C1=C/NC1COC1. The van der Waals surface area contributed by atoms with Crippen molar-refractivity contribution < 1.29 is 4.74 Å². The van der Waals surface area contributed by atoms with Crippen molar-refractivity contribution in [3.8, 4) is 0 Å². The smallest absolute Gasteiger partial charge is 0.0723 e. The lowest BCUT2D eigenvalue weighted by molar-refractivity contribution is 0.000733. The topological polar surface area (TPSA) is 45.1 Å². The molecule has 0 unspecified atom stereocenters. The monoisotopic (exact) mass is 254 g/mol. The second kappa shape index (κ2) is 4.11. The lowest BCUT2D eigenvalue weighted by atomic mass is 10.1. The molecule has 0 aromatic rings. The minimum absolute atomic E-state index is 0.415. The van der Waals surface area contributed by atoms with Gasteiger partial charge >= 0.3 is 0 Å². The summed E-state index contributed by atoms with van der Waals surface area (Å²) in [4.78, 5) is 0. The van der Waals surface area contributed by atoms with Crippen LogP contribution < -0.4 is 5.32 Å². The minimum atomic E-state index is 0.415. The van der Waals surface area contributed by atoms with Crippen molar-refractivity contribution in [1.82, 2.24) is 5.32 Å². The van der Waals surface area contributed by atoms with E-state index in [0.29, 0.717) is 11.8 Å². The molecule has 0 spiro atoms. The van der Waals surface area contributed by atoms with Gasteiger partial charge in [0.25, 0.3) is 0 Å². The molecule has 1 saturated heterocycles. The van der Waals surface area contributed by atoms with Gasteiger partial charge in [0.05, 0.1) is 25.0 Å². The van der Waals surface area contributed by atoms with E-state index < -0.39 is 0 Å². The fourth-order valence-corrected chi connectivity index (χ4v) is 1.56. The zero-order valence-electron chi connectivity index (χ0n) is 7.59. The number of rotatable bonds is 2. The summed E-state index contributed by atoms with van der Waals surface area (Å²) in [6.45, 7) is 1.53. The molecule has 2 aliphatic rings. The Balaban J connectivity index is 1.97. The fourth-order valence-electron chi connectivity index (χ4n) is 1.19. The number of allylic oxidation sites excluding steroid dienone is 5. The lowest BCUT2D eigenvalue weighted by Crippen LogP contribution is -2.43. The molecule has 3 nitrogen and oxygen atoms in total. The van der Waals surface area contributed by atoms with E-state index in [0.717, 1.165) is 23.3 Å². The van der Waals surface area contributed by atoms with Gasteiger partial charge in [-0.2, -0.15) is 0 Å². The van der Waals surface area contributed by atoms with Crippen LogP contribution in [0.4, 0.5) is 0 Å². The molecule has 1 heterocycles. The Morgan fingerprint density at radius 2 is 2.29 bits per heavy atom. The van der Waals surface area contributed by atoms with E-state index in [9.17, 15) is 0 Å². The number of nitrogens with one attached hydrogen (secondary N) is 2. The van der Waals surface area contributed by atoms with Crippen molar-refractivity contribution in [1.29, 1.82) is 5.41 Å².